The number of halogens is 4. The standard InChI is InChI=1S/C9H8Cl4O2/c1-15-5-3-2-4(10)7(11)6(5)8(14)9(12)13/h2-3,8-9,14H,1H3. The summed E-state index contributed by atoms with van der Waals surface area (Å²) in [7, 11) is 1.45. The minimum Gasteiger partial charge on any atom is -0.496 e. The summed E-state index contributed by atoms with van der Waals surface area (Å²) in [5.74, 6) is 0.392. The summed E-state index contributed by atoms with van der Waals surface area (Å²) in [5.41, 5.74) is 0.293. The van der Waals surface area contributed by atoms with Crippen molar-refractivity contribution in [1.82, 2.24) is 0 Å². The lowest BCUT2D eigenvalue weighted by Crippen LogP contribution is -2.08. The molecule has 1 rings (SSSR count). The summed E-state index contributed by atoms with van der Waals surface area (Å²) in [4.78, 5) is -1.00. The summed E-state index contributed by atoms with van der Waals surface area (Å²) in [5, 5.41) is 10.2. The molecular weight excluding hydrogens is 282 g/mol. The van der Waals surface area contributed by atoms with Crippen LogP contribution in [0.5, 0.6) is 5.75 Å². The van der Waals surface area contributed by atoms with Crippen molar-refractivity contribution in [3.63, 3.8) is 0 Å². The van der Waals surface area contributed by atoms with Crippen LogP contribution in [0.4, 0.5) is 0 Å². The fourth-order valence-corrected chi connectivity index (χ4v) is 1.81. The molecule has 0 heterocycles. The first-order valence-corrected chi connectivity index (χ1v) is 5.60. The van der Waals surface area contributed by atoms with Crippen molar-refractivity contribution in [2.24, 2.45) is 0 Å². The van der Waals surface area contributed by atoms with Gasteiger partial charge in [0.05, 0.1) is 17.2 Å². The van der Waals surface area contributed by atoms with Crippen molar-refractivity contribution in [2.45, 2.75) is 10.9 Å². The summed E-state index contributed by atoms with van der Waals surface area (Å²) in [6.07, 6.45) is -1.14. The summed E-state index contributed by atoms with van der Waals surface area (Å²) in [6.45, 7) is 0. The van der Waals surface area contributed by atoms with Crippen LogP contribution in [0.3, 0.4) is 0 Å². The highest BCUT2D eigenvalue weighted by atomic mass is 35.5. The SMILES string of the molecule is COc1ccc(Cl)c(Cl)c1C(O)C(Cl)Cl. The third-order valence-corrected chi connectivity index (χ3v) is 3.14. The predicted molar refractivity (Wildman–Crippen MR) is 63.5 cm³/mol. The third kappa shape index (κ3) is 2.83. The van der Waals surface area contributed by atoms with Gasteiger partial charge in [0.2, 0.25) is 0 Å². The van der Waals surface area contributed by atoms with Gasteiger partial charge in [0, 0.05) is 5.56 Å². The van der Waals surface area contributed by atoms with Crippen molar-refractivity contribution >= 4 is 46.4 Å². The molecule has 6 heteroatoms. The van der Waals surface area contributed by atoms with Crippen LogP contribution in [0.1, 0.15) is 11.7 Å². The van der Waals surface area contributed by atoms with E-state index in [4.69, 9.17) is 51.1 Å². The van der Waals surface area contributed by atoms with Crippen molar-refractivity contribution in [3.05, 3.63) is 27.7 Å². The molecule has 2 nitrogen and oxygen atoms in total. The molecule has 0 aromatic heterocycles. The highest BCUT2D eigenvalue weighted by molar-refractivity contribution is 6.45. The van der Waals surface area contributed by atoms with Crippen molar-refractivity contribution in [3.8, 4) is 5.75 Å². The first kappa shape index (κ1) is 13.2. The Balaban J connectivity index is 3.29. The topological polar surface area (TPSA) is 29.5 Å². The smallest absolute Gasteiger partial charge is 0.137 e. The number of aliphatic hydroxyl groups excluding tert-OH is 1. The van der Waals surface area contributed by atoms with Crippen LogP contribution in [0.15, 0.2) is 12.1 Å². The molecule has 84 valence electrons. The molecule has 1 aromatic rings. The Morgan fingerprint density at radius 2 is 1.87 bits per heavy atom. The van der Waals surface area contributed by atoms with Gasteiger partial charge in [-0.15, -0.1) is 23.2 Å². The van der Waals surface area contributed by atoms with E-state index in [-0.39, 0.29) is 5.02 Å². The third-order valence-electron chi connectivity index (χ3n) is 1.85. The van der Waals surface area contributed by atoms with Crippen LogP contribution in [0, 0.1) is 0 Å². The van der Waals surface area contributed by atoms with Crippen LogP contribution in [-0.4, -0.2) is 17.1 Å². The average Bonchev–Trinajstić information content (AvgIpc) is 2.20. The van der Waals surface area contributed by atoms with Crippen LogP contribution in [0.25, 0.3) is 0 Å². The Labute approximate surface area is 108 Å². The number of aliphatic hydroxyl groups is 1. The molecule has 0 saturated carbocycles. The molecule has 0 bridgehead atoms. The Morgan fingerprint density at radius 1 is 1.27 bits per heavy atom. The van der Waals surface area contributed by atoms with Gasteiger partial charge < -0.3 is 9.84 Å². The Kier molecular flexibility index (Phi) is 4.81. The number of ether oxygens (including phenoxy) is 1. The van der Waals surface area contributed by atoms with Crippen molar-refractivity contribution in [1.29, 1.82) is 0 Å². The van der Waals surface area contributed by atoms with Gasteiger partial charge in [-0.25, -0.2) is 0 Å². The first-order valence-electron chi connectivity index (χ1n) is 3.97. The lowest BCUT2D eigenvalue weighted by molar-refractivity contribution is 0.188. The van der Waals surface area contributed by atoms with Gasteiger partial charge in [-0.2, -0.15) is 0 Å². The molecule has 1 N–H and O–H groups in total. The molecule has 1 atom stereocenters. The van der Waals surface area contributed by atoms with Gasteiger partial charge >= 0.3 is 0 Å². The Hall–Kier alpha value is 0.140. The van der Waals surface area contributed by atoms with E-state index < -0.39 is 10.9 Å². The van der Waals surface area contributed by atoms with E-state index in [9.17, 15) is 5.11 Å². The van der Waals surface area contributed by atoms with E-state index in [1.165, 1.54) is 7.11 Å². The maximum Gasteiger partial charge on any atom is 0.137 e. The molecule has 0 amide bonds. The zero-order chi connectivity index (χ0) is 11.6. The number of benzene rings is 1. The first-order chi connectivity index (χ1) is 6.99. The number of hydrogen-bond donors (Lipinski definition) is 1. The van der Waals surface area contributed by atoms with E-state index in [2.05, 4.69) is 0 Å². The molecule has 0 aliphatic carbocycles. The summed E-state index contributed by atoms with van der Waals surface area (Å²) in [6, 6.07) is 3.15. The fourth-order valence-electron chi connectivity index (χ4n) is 1.13. The predicted octanol–water partition coefficient (Wildman–Crippen LogP) is 3.84. The zero-order valence-corrected chi connectivity index (χ0v) is 10.7. The van der Waals surface area contributed by atoms with Gasteiger partial charge in [-0.05, 0) is 12.1 Å². The van der Waals surface area contributed by atoms with Crippen LogP contribution >= 0.6 is 46.4 Å². The number of alkyl halides is 2. The number of methoxy groups -OCH3 is 1. The molecule has 0 aliphatic rings. The molecule has 0 spiro atoms. The van der Waals surface area contributed by atoms with Crippen LogP contribution in [0.2, 0.25) is 10.0 Å². The second-order valence-electron chi connectivity index (χ2n) is 2.76. The van der Waals surface area contributed by atoms with E-state index in [1.54, 1.807) is 12.1 Å². The molecule has 1 unspecified atom stereocenters. The molecule has 0 fully saturated rings. The van der Waals surface area contributed by atoms with Crippen molar-refractivity contribution in [2.75, 3.05) is 7.11 Å². The second-order valence-corrected chi connectivity index (χ2v) is 4.71. The van der Waals surface area contributed by atoms with Gasteiger partial charge in [0.25, 0.3) is 0 Å². The molecule has 0 saturated heterocycles. The summed E-state index contributed by atoms with van der Waals surface area (Å²) < 4.78 is 5.03. The lowest BCUT2D eigenvalue weighted by atomic mass is 10.1. The zero-order valence-electron chi connectivity index (χ0n) is 7.68. The van der Waals surface area contributed by atoms with Gasteiger partial charge in [-0.3, -0.25) is 0 Å². The largest absolute Gasteiger partial charge is 0.496 e. The minimum atomic E-state index is -1.14. The van der Waals surface area contributed by atoms with E-state index in [1.807, 2.05) is 0 Å². The number of hydrogen-bond acceptors (Lipinski definition) is 2. The monoisotopic (exact) mass is 288 g/mol. The van der Waals surface area contributed by atoms with Gasteiger partial charge in [0.1, 0.15) is 16.7 Å². The van der Waals surface area contributed by atoms with Crippen LogP contribution in [-0.2, 0) is 0 Å². The molecule has 0 aliphatic heterocycles. The molecule has 1 aromatic carbocycles. The quantitative estimate of drug-likeness (QED) is 0.857. The van der Waals surface area contributed by atoms with Gasteiger partial charge in [-0.1, -0.05) is 23.2 Å². The Bertz CT molecular complexity index is 354. The Morgan fingerprint density at radius 3 is 2.33 bits per heavy atom. The van der Waals surface area contributed by atoms with Gasteiger partial charge in [0.15, 0.2) is 0 Å². The molecule has 0 radical (unpaired) electrons. The minimum absolute atomic E-state index is 0.190. The molecular formula is C9H8Cl4O2. The highest BCUT2D eigenvalue weighted by Crippen LogP contribution is 2.40. The van der Waals surface area contributed by atoms with E-state index in [0.29, 0.717) is 16.3 Å². The van der Waals surface area contributed by atoms with E-state index in [0.717, 1.165) is 0 Å². The molecule has 15 heavy (non-hydrogen) atoms. The average molecular weight is 290 g/mol. The maximum absolute atomic E-state index is 9.73. The highest BCUT2D eigenvalue weighted by Gasteiger charge is 2.24. The fraction of sp³-hybridized carbons (Fsp3) is 0.333. The maximum atomic E-state index is 9.73. The van der Waals surface area contributed by atoms with E-state index >= 15 is 0 Å². The second kappa shape index (κ2) is 5.46. The number of rotatable bonds is 3. The van der Waals surface area contributed by atoms with Crippen LogP contribution < -0.4 is 4.74 Å². The summed E-state index contributed by atoms with van der Waals surface area (Å²) >= 11 is 22.9. The normalized spacial score (nSPS) is 13.0. The van der Waals surface area contributed by atoms with Crippen molar-refractivity contribution < 1.29 is 9.84 Å². The lowest BCUT2D eigenvalue weighted by Gasteiger charge is -2.17.